The number of amides is 1. The number of nitrogens with two attached hydrogens (primary N) is 1. The van der Waals surface area contributed by atoms with Gasteiger partial charge in [0.25, 0.3) is 5.91 Å². The fourth-order valence-electron chi connectivity index (χ4n) is 1.55. The van der Waals surface area contributed by atoms with Crippen LogP contribution < -0.4 is 11.1 Å². The molecule has 5 heteroatoms. The van der Waals surface area contributed by atoms with Crippen molar-refractivity contribution in [2.45, 2.75) is 16.8 Å². The number of nitrogens with zero attached hydrogens (tertiary/aromatic N) is 1. The summed E-state index contributed by atoms with van der Waals surface area (Å²) in [6.45, 7) is 2.49. The second kappa shape index (κ2) is 6.24. The van der Waals surface area contributed by atoms with Crippen molar-refractivity contribution in [3.8, 4) is 0 Å². The minimum atomic E-state index is -0.0922. The third kappa shape index (κ3) is 3.48. The molecule has 98 valence electrons. The summed E-state index contributed by atoms with van der Waals surface area (Å²) < 4.78 is 0. The molecule has 2 rings (SSSR count). The van der Waals surface area contributed by atoms with Crippen LogP contribution in [0.15, 0.2) is 52.5 Å². The van der Waals surface area contributed by atoms with E-state index in [0.29, 0.717) is 17.8 Å². The van der Waals surface area contributed by atoms with Crippen molar-refractivity contribution in [2.24, 2.45) is 0 Å². The van der Waals surface area contributed by atoms with Crippen molar-refractivity contribution in [3.63, 3.8) is 0 Å². The van der Waals surface area contributed by atoms with Gasteiger partial charge in [0.05, 0.1) is 0 Å². The van der Waals surface area contributed by atoms with Crippen molar-refractivity contribution in [3.05, 3.63) is 48.2 Å². The highest BCUT2D eigenvalue weighted by atomic mass is 32.2. The second-order valence-electron chi connectivity index (χ2n) is 3.88. The summed E-state index contributed by atoms with van der Waals surface area (Å²) in [5.74, 6) is -0.0922. The maximum absolute atomic E-state index is 11.8. The molecular formula is C14H15N3OS. The van der Waals surface area contributed by atoms with E-state index < -0.39 is 0 Å². The molecule has 0 atom stereocenters. The molecule has 0 aliphatic rings. The third-order valence-corrected chi connectivity index (χ3v) is 3.49. The van der Waals surface area contributed by atoms with Crippen LogP contribution in [0.5, 0.6) is 0 Å². The number of nitrogens with one attached hydrogen (secondary N) is 1. The number of hydrogen-bond acceptors (Lipinski definition) is 4. The number of hydrogen-bond donors (Lipinski definition) is 2. The molecule has 0 aliphatic carbocycles. The number of anilines is 1. The SMILES string of the molecule is CCNC(=O)c1ccc(N)c(Sc2ccccn2)c1. The van der Waals surface area contributed by atoms with E-state index in [9.17, 15) is 4.79 Å². The zero-order valence-corrected chi connectivity index (χ0v) is 11.4. The summed E-state index contributed by atoms with van der Waals surface area (Å²) in [6.07, 6.45) is 1.73. The molecule has 19 heavy (non-hydrogen) atoms. The van der Waals surface area contributed by atoms with E-state index in [1.807, 2.05) is 25.1 Å². The van der Waals surface area contributed by atoms with Gasteiger partial charge in [-0.25, -0.2) is 4.98 Å². The van der Waals surface area contributed by atoms with Gasteiger partial charge < -0.3 is 11.1 Å². The van der Waals surface area contributed by atoms with Crippen molar-refractivity contribution in [1.82, 2.24) is 10.3 Å². The Hall–Kier alpha value is -2.01. The van der Waals surface area contributed by atoms with Gasteiger partial charge in [-0.2, -0.15) is 0 Å². The third-order valence-electron chi connectivity index (χ3n) is 2.47. The number of nitrogen functional groups attached to an aromatic ring is 1. The summed E-state index contributed by atoms with van der Waals surface area (Å²) in [6, 6.07) is 10.9. The Morgan fingerprint density at radius 3 is 2.89 bits per heavy atom. The van der Waals surface area contributed by atoms with Crippen LogP contribution in [0.25, 0.3) is 0 Å². The molecule has 0 fully saturated rings. The van der Waals surface area contributed by atoms with E-state index in [0.717, 1.165) is 9.92 Å². The summed E-state index contributed by atoms with van der Waals surface area (Å²) in [5.41, 5.74) is 7.18. The first kappa shape index (κ1) is 13.4. The lowest BCUT2D eigenvalue weighted by Crippen LogP contribution is -2.22. The fraction of sp³-hybridized carbons (Fsp3) is 0.143. The maximum atomic E-state index is 11.8. The Morgan fingerprint density at radius 2 is 2.21 bits per heavy atom. The number of pyridine rings is 1. The first-order valence-corrected chi connectivity index (χ1v) is 6.79. The minimum Gasteiger partial charge on any atom is -0.398 e. The van der Waals surface area contributed by atoms with Crippen molar-refractivity contribution >= 4 is 23.4 Å². The second-order valence-corrected chi connectivity index (χ2v) is 4.94. The van der Waals surface area contributed by atoms with E-state index in [1.54, 1.807) is 24.4 Å². The summed E-state index contributed by atoms with van der Waals surface area (Å²) in [7, 11) is 0. The van der Waals surface area contributed by atoms with E-state index >= 15 is 0 Å². The normalized spacial score (nSPS) is 10.2. The van der Waals surface area contributed by atoms with Gasteiger partial charge in [-0.15, -0.1) is 0 Å². The molecule has 0 bridgehead atoms. The zero-order chi connectivity index (χ0) is 13.7. The highest BCUT2D eigenvalue weighted by Crippen LogP contribution is 2.31. The Balaban J connectivity index is 2.25. The highest BCUT2D eigenvalue weighted by molar-refractivity contribution is 7.99. The number of carbonyl (C=O) groups is 1. The van der Waals surface area contributed by atoms with Gasteiger partial charge >= 0.3 is 0 Å². The van der Waals surface area contributed by atoms with Crippen LogP contribution in [0.1, 0.15) is 17.3 Å². The molecule has 0 saturated carbocycles. The average Bonchev–Trinajstić information content (AvgIpc) is 2.42. The lowest BCUT2D eigenvalue weighted by molar-refractivity contribution is 0.0955. The van der Waals surface area contributed by atoms with Crippen molar-refractivity contribution in [2.75, 3.05) is 12.3 Å². The highest BCUT2D eigenvalue weighted by Gasteiger charge is 2.09. The van der Waals surface area contributed by atoms with Gasteiger partial charge in [0.15, 0.2) is 0 Å². The van der Waals surface area contributed by atoms with Crippen LogP contribution in [0, 0.1) is 0 Å². The predicted molar refractivity (Wildman–Crippen MR) is 77.2 cm³/mol. The van der Waals surface area contributed by atoms with Crippen molar-refractivity contribution in [1.29, 1.82) is 0 Å². The van der Waals surface area contributed by atoms with Crippen LogP contribution >= 0.6 is 11.8 Å². The fourth-order valence-corrected chi connectivity index (χ4v) is 2.40. The average molecular weight is 273 g/mol. The molecule has 0 spiro atoms. The van der Waals surface area contributed by atoms with Crippen LogP contribution in [0.4, 0.5) is 5.69 Å². The first-order valence-electron chi connectivity index (χ1n) is 5.97. The van der Waals surface area contributed by atoms with Crippen LogP contribution in [0.3, 0.4) is 0 Å². The minimum absolute atomic E-state index is 0.0922. The van der Waals surface area contributed by atoms with Gasteiger partial charge in [0.2, 0.25) is 0 Å². The molecule has 0 unspecified atom stereocenters. The van der Waals surface area contributed by atoms with Gasteiger partial charge in [0, 0.05) is 28.9 Å². The Labute approximate surface area is 116 Å². The topological polar surface area (TPSA) is 68.0 Å². The van der Waals surface area contributed by atoms with E-state index in [1.165, 1.54) is 11.8 Å². The Kier molecular flexibility index (Phi) is 4.41. The first-order chi connectivity index (χ1) is 9.20. The molecule has 0 saturated heterocycles. The van der Waals surface area contributed by atoms with Crippen LogP contribution in [-0.4, -0.2) is 17.4 Å². The molecule has 2 aromatic rings. The molecule has 1 amide bonds. The summed E-state index contributed by atoms with van der Waals surface area (Å²) in [4.78, 5) is 16.9. The lowest BCUT2D eigenvalue weighted by Gasteiger charge is -2.08. The summed E-state index contributed by atoms with van der Waals surface area (Å²) in [5, 5.41) is 3.62. The molecule has 1 aromatic heterocycles. The predicted octanol–water partition coefficient (Wildman–Crippen LogP) is 2.56. The summed E-state index contributed by atoms with van der Waals surface area (Å²) >= 11 is 1.45. The van der Waals surface area contributed by atoms with Gasteiger partial charge in [0.1, 0.15) is 5.03 Å². The number of rotatable bonds is 4. The Morgan fingerprint density at radius 1 is 1.37 bits per heavy atom. The van der Waals surface area contributed by atoms with Crippen LogP contribution in [0.2, 0.25) is 0 Å². The van der Waals surface area contributed by atoms with E-state index in [4.69, 9.17) is 5.73 Å². The molecule has 4 nitrogen and oxygen atoms in total. The zero-order valence-electron chi connectivity index (χ0n) is 10.6. The molecule has 0 aliphatic heterocycles. The molecule has 3 N–H and O–H groups in total. The Bertz CT molecular complexity index is 572. The van der Waals surface area contributed by atoms with Gasteiger partial charge in [-0.05, 0) is 37.3 Å². The van der Waals surface area contributed by atoms with Crippen molar-refractivity contribution < 1.29 is 4.79 Å². The number of aromatic nitrogens is 1. The largest absolute Gasteiger partial charge is 0.398 e. The lowest BCUT2D eigenvalue weighted by atomic mass is 10.2. The number of carbonyl (C=O) groups excluding carboxylic acids is 1. The smallest absolute Gasteiger partial charge is 0.251 e. The molecule has 1 heterocycles. The molecule has 0 radical (unpaired) electrons. The molecule has 1 aromatic carbocycles. The van der Waals surface area contributed by atoms with E-state index in [2.05, 4.69) is 10.3 Å². The standard InChI is InChI=1S/C14H15N3OS/c1-2-16-14(18)10-6-7-11(15)12(9-10)19-13-5-3-4-8-17-13/h3-9H,2,15H2,1H3,(H,16,18). The monoisotopic (exact) mass is 273 g/mol. The van der Waals surface area contributed by atoms with Gasteiger partial charge in [-0.3, -0.25) is 4.79 Å². The van der Waals surface area contributed by atoms with Gasteiger partial charge in [-0.1, -0.05) is 17.8 Å². The molecular weight excluding hydrogens is 258 g/mol. The maximum Gasteiger partial charge on any atom is 0.251 e. The number of benzene rings is 1. The quantitative estimate of drug-likeness (QED) is 0.840. The van der Waals surface area contributed by atoms with Crippen LogP contribution in [-0.2, 0) is 0 Å². The van der Waals surface area contributed by atoms with E-state index in [-0.39, 0.29) is 5.91 Å².